The smallest absolute Gasteiger partial charge is 0.253 e. The third-order valence-electron chi connectivity index (χ3n) is 1.43. The highest BCUT2D eigenvalue weighted by Crippen LogP contribution is 2.11. The number of nitrogens with one attached hydrogen (secondary N) is 1. The van der Waals surface area contributed by atoms with Gasteiger partial charge < -0.3 is 0 Å². The highest BCUT2D eigenvalue weighted by molar-refractivity contribution is 6.13. The largest absolute Gasteiger partial charge is 0.292 e. The Kier molecular flexibility index (Phi) is 2.08. The summed E-state index contributed by atoms with van der Waals surface area (Å²) in [6.45, 7) is 3.95. The van der Waals surface area contributed by atoms with Crippen molar-refractivity contribution in [2.45, 2.75) is 20.3 Å². The molecule has 0 aromatic carbocycles. The average molecular weight is 153 g/mol. The number of rotatable bonds is 1. The fourth-order valence-corrected chi connectivity index (χ4v) is 1.04. The highest BCUT2D eigenvalue weighted by Gasteiger charge is 2.23. The van der Waals surface area contributed by atoms with E-state index < -0.39 is 0 Å². The van der Waals surface area contributed by atoms with Gasteiger partial charge in [0.2, 0.25) is 5.91 Å². The van der Waals surface area contributed by atoms with Gasteiger partial charge in [-0.2, -0.15) is 0 Å². The maximum Gasteiger partial charge on any atom is 0.253 e. The van der Waals surface area contributed by atoms with Gasteiger partial charge in [0.05, 0.1) is 6.42 Å². The fraction of sp³-hybridized carbons (Fsp3) is 0.500. The summed E-state index contributed by atoms with van der Waals surface area (Å²) in [4.78, 5) is 21.6. The first-order valence-electron chi connectivity index (χ1n) is 3.64. The Morgan fingerprint density at radius 1 is 1.45 bits per heavy atom. The van der Waals surface area contributed by atoms with Crippen molar-refractivity contribution in [1.82, 2.24) is 5.32 Å². The summed E-state index contributed by atoms with van der Waals surface area (Å²) in [7, 11) is 0. The van der Waals surface area contributed by atoms with Crippen LogP contribution in [0.3, 0.4) is 0 Å². The van der Waals surface area contributed by atoms with Crippen molar-refractivity contribution in [2.24, 2.45) is 5.92 Å². The molecule has 1 aliphatic heterocycles. The van der Waals surface area contributed by atoms with Crippen molar-refractivity contribution in [3.8, 4) is 0 Å². The minimum atomic E-state index is -0.233. The van der Waals surface area contributed by atoms with Crippen molar-refractivity contribution in [1.29, 1.82) is 0 Å². The summed E-state index contributed by atoms with van der Waals surface area (Å²) in [6.07, 6.45) is 2.07. The lowest BCUT2D eigenvalue weighted by Gasteiger charge is -1.95. The van der Waals surface area contributed by atoms with Gasteiger partial charge in [-0.25, -0.2) is 0 Å². The number of allylic oxidation sites excluding steroid dienone is 1. The Hall–Kier alpha value is -1.12. The van der Waals surface area contributed by atoms with E-state index in [9.17, 15) is 9.59 Å². The van der Waals surface area contributed by atoms with E-state index in [1.807, 2.05) is 19.9 Å². The highest BCUT2D eigenvalue weighted by atomic mass is 16.2. The Labute approximate surface area is 65.5 Å². The molecule has 0 bridgehead atoms. The van der Waals surface area contributed by atoms with E-state index in [1.165, 1.54) is 0 Å². The zero-order valence-corrected chi connectivity index (χ0v) is 6.68. The number of carbonyl (C=O) groups is 2. The molecule has 1 aliphatic rings. The van der Waals surface area contributed by atoms with Crippen molar-refractivity contribution < 1.29 is 9.59 Å². The summed E-state index contributed by atoms with van der Waals surface area (Å²) in [5.41, 5.74) is 0.602. The minimum absolute atomic E-state index is 0.193. The summed E-state index contributed by atoms with van der Waals surface area (Å²) in [5, 5.41) is 2.23. The molecule has 0 atom stereocenters. The second-order valence-corrected chi connectivity index (χ2v) is 2.99. The number of carbonyl (C=O) groups excluding carboxylic acids is 2. The summed E-state index contributed by atoms with van der Waals surface area (Å²) in [6, 6.07) is 0. The van der Waals surface area contributed by atoms with Crippen molar-refractivity contribution in [3.05, 3.63) is 11.6 Å². The predicted molar refractivity (Wildman–Crippen MR) is 40.7 cm³/mol. The number of imide groups is 1. The van der Waals surface area contributed by atoms with Gasteiger partial charge in [0, 0.05) is 5.57 Å². The molecule has 3 heteroatoms. The minimum Gasteiger partial charge on any atom is -0.292 e. The van der Waals surface area contributed by atoms with Crippen LogP contribution in [0.5, 0.6) is 0 Å². The van der Waals surface area contributed by atoms with Crippen LogP contribution in [0, 0.1) is 5.92 Å². The van der Waals surface area contributed by atoms with E-state index in [0.29, 0.717) is 11.5 Å². The summed E-state index contributed by atoms with van der Waals surface area (Å²) in [5.74, 6) is -0.104. The Morgan fingerprint density at radius 3 is 2.45 bits per heavy atom. The average Bonchev–Trinajstić information content (AvgIpc) is 2.09. The fourth-order valence-electron chi connectivity index (χ4n) is 1.04. The monoisotopic (exact) mass is 153 g/mol. The number of amides is 2. The number of hydrogen-bond donors (Lipinski definition) is 1. The van der Waals surface area contributed by atoms with Gasteiger partial charge >= 0.3 is 0 Å². The van der Waals surface area contributed by atoms with Crippen LogP contribution >= 0.6 is 0 Å². The predicted octanol–water partition coefficient (Wildman–Crippen LogP) is 0.615. The van der Waals surface area contributed by atoms with Crippen LogP contribution in [-0.2, 0) is 9.59 Å². The van der Waals surface area contributed by atoms with E-state index in [1.54, 1.807) is 0 Å². The zero-order valence-electron chi connectivity index (χ0n) is 6.68. The molecule has 0 aromatic heterocycles. The number of hydrogen-bond acceptors (Lipinski definition) is 2. The van der Waals surface area contributed by atoms with Gasteiger partial charge in [0.15, 0.2) is 0 Å². The quantitative estimate of drug-likeness (QED) is 0.443. The van der Waals surface area contributed by atoms with Crippen LogP contribution in [0.4, 0.5) is 0 Å². The SMILES string of the molecule is CC(C)C=C1CC(=O)NC1=O. The lowest BCUT2D eigenvalue weighted by Crippen LogP contribution is -2.19. The molecule has 1 rings (SSSR count). The van der Waals surface area contributed by atoms with Crippen LogP contribution in [0.25, 0.3) is 0 Å². The van der Waals surface area contributed by atoms with Crippen LogP contribution in [-0.4, -0.2) is 11.8 Å². The third kappa shape index (κ3) is 1.90. The van der Waals surface area contributed by atoms with Gasteiger partial charge in [-0.15, -0.1) is 0 Å². The van der Waals surface area contributed by atoms with Crippen LogP contribution < -0.4 is 5.32 Å². The van der Waals surface area contributed by atoms with Gasteiger partial charge in [-0.05, 0) is 5.92 Å². The molecule has 0 spiro atoms. The normalized spacial score (nSPS) is 21.5. The van der Waals surface area contributed by atoms with E-state index in [4.69, 9.17) is 0 Å². The van der Waals surface area contributed by atoms with E-state index in [2.05, 4.69) is 5.32 Å². The van der Waals surface area contributed by atoms with Gasteiger partial charge in [-0.3, -0.25) is 14.9 Å². The van der Waals surface area contributed by atoms with Gasteiger partial charge in [0.1, 0.15) is 0 Å². The molecule has 1 saturated heterocycles. The molecule has 1 fully saturated rings. The molecule has 1 heterocycles. The molecule has 3 nitrogen and oxygen atoms in total. The van der Waals surface area contributed by atoms with Crippen LogP contribution in [0.15, 0.2) is 11.6 Å². The van der Waals surface area contributed by atoms with Gasteiger partial charge in [-0.1, -0.05) is 19.9 Å². The maximum atomic E-state index is 10.9. The molecule has 11 heavy (non-hydrogen) atoms. The van der Waals surface area contributed by atoms with E-state index in [0.717, 1.165) is 0 Å². The van der Waals surface area contributed by atoms with Crippen molar-refractivity contribution in [3.63, 3.8) is 0 Å². The van der Waals surface area contributed by atoms with Crippen LogP contribution in [0.2, 0.25) is 0 Å². The van der Waals surface area contributed by atoms with Crippen molar-refractivity contribution >= 4 is 11.8 Å². The Morgan fingerprint density at radius 2 is 2.09 bits per heavy atom. The van der Waals surface area contributed by atoms with Gasteiger partial charge in [0.25, 0.3) is 5.91 Å². The van der Waals surface area contributed by atoms with E-state index in [-0.39, 0.29) is 18.2 Å². The Bertz CT molecular complexity index is 228. The topological polar surface area (TPSA) is 46.2 Å². The first kappa shape index (κ1) is 7.98. The molecule has 0 aliphatic carbocycles. The summed E-state index contributed by atoms with van der Waals surface area (Å²) < 4.78 is 0. The molecule has 1 N–H and O–H groups in total. The zero-order chi connectivity index (χ0) is 8.43. The summed E-state index contributed by atoms with van der Waals surface area (Å²) >= 11 is 0. The molecule has 2 amide bonds. The lowest BCUT2D eigenvalue weighted by atomic mass is 10.1. The molecular weight excluding hydrogens is 142 g/mol. The molecule has 0 unspecified atom stereocenters. The molecule has 0 saturated carbocycles. The first-order chi connectivity index (χ1) is 5.09. The molecule has 60 valence electrons. The lowest BCUT2D eigenvalue weighted by molar-refractivity contribution is -0.124. The second-order valence-electron chi connectivity index (χ2n) is 2.99. The molecule has 0 radical (unpaired) electrons. The molecular formula is C8H11NO2. The standard InChI is InChI=1S/C8H11NO2/c1-5(2)3-6-4-7(10)9-8(6)11/h3,5H,4H2,1-2H3,(H,9,10,11). The third-order valence-corrected chi connectivity index (χ3v) is 1.43. The van der Waals surface area contributed by atoms with E-state index >= 15 is 0 Å². The maximum absolute atomic E-state index is 10.9. The van der Waals surface area contributed by atoms with Crippen molar-refractivity contribution in [2.75, 3.05) is 0 Å². The second kappa shape index (κ2) is 2.86. The van der Waals surface area contributed by atoms with Crippen LogP contribution in [0.1, 0.15) is 20.3 Å². The Balaban J connectivity index is 2.75. The molecule has 0 aromatic rings. The first-order valence-corrected chi connectivity index (χ1v) is 3.64.